The van der Waals surface area contributed by atoms with Gasteiger partial charge in [-0.2, -0.15) is 0 Å². The van der Waals surface area contributed by atoms with Gasteiger partial charge in [0, 0.05) is 29.3 Å². The van der Waals surface area contributed by atoms with E-state index in [9.17, 15) is 0 Å². The summed E-state index contributed by atoms with van der Waals surface area (Å²) in [6.07, 6.45) is 0. The molecule has 0 bridgehead atoms. The van der Waals surface area contributed by atoms with Crippen molar-refractivity contribution in [3.8, 4) is 129 Å². The maximum absolute atomic E-state index is 2.39. The molecule has 0 aliphatic heterocycles. The van der Waals surface area contributed by atoms with Crippen LogP contribution in [0.1, 0.15) is 0 Å². The van der Waals surface area contributed by atoms with E-state index in [2.05, 4.69) is 291 Å². The molecule has 3 aromatic heterocycles. The summed E-state index contributed by atoms with van der Waals surface area (Å²) in [6, 6.07) is 106. The van der Waals surface area contributed by atoms with Crippen LogP contribution in [-0.4, -0.2) is 0 Å². The van der Waals surface area contributed by atoms with Gasteiger partial charge in [-0.25, -0.2) is 0 Å². The molecule has 3 heteroatoms. The predicted octanol–water partition coefficient (Wildman–Crippen LogP) is 21.9. The minimum absolute atomic E-state index is 1.20. The standard InChI is InChI=1S/C72H48S3/c1-5-21-49(22-6-1)59-29-13-17-33-63(59)53-43-54(64-34-18-14-30-60(64)50-23-7-2-8-24-50)46-57(45-53)67-37-39-69(73-67)71-41-42-72(75-71)70-40-38-68(74-70)58-47-55(65-35-19-15-31-61(65)51-25-9-3-10-26-51)44-56(48-58)66-36-20-16-32-62(66)52-27-11-4-12-28-52/h1-48H. The summed E-state index contributed by atoms with van der Waals surface area (Å²) < 4.78 is 0. The van der Waals surface area contributed by atoms with Gasteiger partial charge in [0.25, 0.3) is 0 Å². The molecule has 0 aliphatic carbocycles. The second-order valence-electron chi connectivity index (χ2n) is 18.7. The van der Waals surface area contributed by atoms with E-state index in [0.717, 1.165) is 0 Å². The molecule has 10 aromatic carbocycles. The molecular weight excluding hydrogens is 961 g/mol. The number of benzene rings is 10. The summed E-state index contributed by atoms with van der Waals surface area (Å²) in [5, 5.41) is 0. The summed E-state index contributed by atoms with van der Waals surface area (Å²) in [5.74, 6) is 0. The van der Waals surface area contributed by atoms with Crippen LogP contribution in [0.25, 0.3) is 129 Å². The van der Waals surface area contributed by atoms with Crippen molar-refractivity contribution in [1.82, 2.24) is 0 Å². The number of thiophene rings is 3. The van der Waals surface area contributed by atoms with Crippen molar-refractivity contribution in [2.45, 2.75) is 0 Å². The monoisotopic (exact) mass is 1010 g/mol. The lowest BCUT2D eigenvalue weighted by atomic mass is 9.88. The largest absolute Gasteiger partial charge is 0.134 e. The highest BCUT2D eigenvalue weighted by Gasteiger charge is 2.19. The topological polar surface area (TPSA) is 0 Å². The lowest BCUT2D eigenvalue weighted by molar-refractivity contribution is 1.56. The predicted molar refractivity (Wildman–Crippen MR) is 325 cm³/mol. The zero-order valence-electron chi connectivity index (χ0n) is 40.9. The van der Waals surface area contributed by atoms with E-state index < -0.39 is 0 Å². The molecule has 0 saturated heterocycles. The van der Waals surface area contributed by atoms with Crippen LogP contribution in [0.2, 0.25) is 0 Å². The van der Waals surface area contributed by atoms with Crippen molar-refractivity contribution in [2.24, 2.45) is 0 Å². The second kappa shape index (κ2) is 20.7. The van der Waals surface area contributed by atoms with Crippen molar-refractivity contribution < 1.29 is 0 Å². The Kier molecular flexibility index (Phi) is 12.7. The molecule has 0 fully saturated rings. The lowest BCUT2D eigenvalue weighted by Gasteiger charge is -2.16. The maximum atomic E-state index is 2.39. The fourth-order valence-electron chi connectivity index (χ4n) is 10.4. The van der Waals surface area contributed by atoms with Crippen molar-refractivity contribution in [1.29, 1.82) is 0 Å². The SMILES string of the molecule is c1ccc(-c2ccccc2-c2cc(-c3ccc(-c4ccc(-c5ccc(-c6cc(-c7ccccc7-c7ccccc7)cc(-c7ccccc7-c7ccccc7)c6)s5)s4)s3)cc(-c3ccccc3-c3ccccc3)c2)cc1. The first-order valence-electron chi connectivity index (χ1n) is 25.4. The van der Waals surface area contributed by atoms with Gasteiger partial charge in [-0.05, 0) is 173 Å². The van der Waals surface area contributed by atoms with Gasteiger partial charge in [0.05, 0.1) is 0 Å². The van der Waals surface area contributed by atoms with Crippen LogP contribution in [0.3, 0.4) is 0 Å². The van der Waals surface area contributed by atoms with E-state index >= 15 is 0 Å². The third-order valence-corrected chi connectivity index (χ3v) is 17.8. The second-order valence-corrected chi connectivity index (χ2v) is 22.0. The summed E-state index contributed by atoms with van der Waals surface area (Å²) in [4.78, 5) is 7.58. The molecule has 0 spiro atoms. The van der Waals surface area contributed by atoms with Gasteiger partial charge < -0.3 is 0 Å². The first kappa shape index (κ1) is 46.1. The molecular formula is C72H48S3. The molecule has 0 N–H and O–H groups in total. The average Bonchev–Trinajstić information content (AvgIpc) is 4.32. The molecule has 354 valence electrons. The van der Waals surface area contributed by atoms with E-state index in [-0.39, 0.29) is 0 Å². The first-order chi connectivity index (χ1) is 37.2. The Morgan fingerprint density at radius 2 is 0.307 bits per heavy atom. The third kappa shape index (κ3) is 9.46. The number of rotatable bonds is 12. The quantitative estimate of drug-likeness (QED) is 0.114. The molecule has 13 aromatic rings. The molecule has 0 aliphatic rings. The molecule has 0 nitrogen and oxygen atoms in total. The molecule has 0 atom stereocenters. The van der Waals surface area contributed by atoms with E-state index in [1.807, 2.05) is 34.0 Å². The Labute approximate surface area is 451 Å². The fourth-order valence-corrected chi connectivity index (χ4v) is 13.6. The van der Waals surface area contributed by atoms with Gasteiger partial charge in [0.1, 0.15) is 0 Å². The minimum atomic E-state index is 1.20. The van der Waals surface area contributed by atoms with E-state index in [4.69, 9.17) is 0 Å². The van der Waals surface area contributed by atoms with Crippen molar-refractivity contribution in [2.75, 3.05) is 0 Å². The van der Waals surface area contributed by atoms with E-state index in [0.29, 0.717) is 0 Å². The summed E-state index contributed by atoms with van der Waals surface area (Å²) >= 11 is 5.62. The van der Waals surface area contributed by atoms with E-state index in [1.165, 1.54) is 129 Å². The zero-order chi connectivity index (χ0) is 49.9. The van der Waals surface area contributed by atoms with Crippen molar-refractivity contribution >= 4 is 34.0 Å². The summed E-state index contributed by atoms with van der Waals surface area (Å²) in [7, 11) is 0. The van der Waals surface area contributed by atoms with Crippen LogP contribution in [-0.2, 0) is 0 Å². The normalized spacial score (nSPS) is 11.2. The number of hydrogen-bond acceptors (Lipinski definition) is 3. The minimum Gasteiger partial charge on any atom is -0.134 e. The zero-order valence-corrected chi connectivity index (χ0v) is 43.4. The van der Waals surface area contributed by atoms with Crippen LogP contribution in [0.4, 0.5) is 0 Å². The molecule has 75 heavy (non-hydrogen) atoms. The van der Waals surface area contributed by atoms with Crippen LogP contribution in [0.5, 0.6) is 0 Å². The van der Waals surface area contributed by atoms with Crippen molar-refractivity contribution in [3.63, 3.8) is 0 Å². The van der Waals surface area contributed by atoms with Crippen LogP contribution in [0, 0.1) is 0 Å². The molecule has 0 amide bonds. The Morgan fingerprint density at radius 3 is 0.547 bits per heavy atom. The molecule has 13 rings (SSSR count). The van der Waals surface area contributed by atoms with Gasteiger partial charge in [-0.15, -0.1) is 34.0 Å². The molecule has 0 radical (unpaired) electrons. The molecule has 3 heterocycles. The summed E-state index contributed by atoms with van der Waals surface area (Å²) in [6.45, 7) is 0. The van der Waals surface area contributed by atoms with Gasteiger partial charge >= 0.3 is 0 Å². The van der Waals surface area contributed by atoms with Gasteiger partial charge in [-0.1, -0.05) is 218 Å². The average molecular weight is 1010 g/mol. The Bertz CT molecular complexity index is 3630. The molecule has 0 saturated carbocycles. The first-order valence-corrected chi connectivity index (χ1v) is 27.8. The highest BCUT2D eigenvalue weighted by atomic mass is 32.1. The van der Waals surface area contributed by atoms with Gasteiger partial charge in [0.15, 0.2) is 0 Å². The number of hydrogen-bond donors (Lipinski definition) is 0. The third-order valence-electron chi connectivity index (χ3n) is 14.0. The van der Waals surface area contributed by atoms with Crippen molar-refractivity contribution in [3.05, 3.63) is 291 Å². The highest BCUT2D eigenvalue weighted by Crippen LogP contribution is 2.47. The Hall–Kier alpha value is -8.70. The smallest absolute Gasteiger partial charge is 0.0449 e. The highest BCUT2D eigenvalue weighted by molar-refractivity contribution is 7.28. The summed E-state index contributed by atoms with van der Waals surface area (Å²) in [5.41, 5.74) is 21.8. The van der Waals surface area contributed by atoms with Crippen LogP contribution >= 0.6 is 34.0 Å². The lowest BCUT2D eigenvalue weighted by Crippen LogP contribution is -1.90. The Morgan fingerprint density at radius 1 is 0.133 bits per heavy atom. The Balaban J connectivity index is 0.866. The van der Waals surface area contributed by atoms with Crippen LogP contribution < -0.4 is 0 Å². The molecule has 0 unspecified atom stereocenters. The van der Waals surface area contributed by atoms with Crippen LogP contribution in [0.15, 0.2) is 291 Å². The van der Waals surface area contributed by atoms with Gasteiger partial charge in [-0.3, -0.25) is 0 Å². The van der Waals surface area contributed by atoms with Gasteiger partial charge in [0.2, 0.25) is 0 Å². The fraction of sp³-hybridized carbons (Fsp3) is 0. The van der Waals surface area contributed by atoms with E-state index in [1.54, 1.807) is 0 Å². The maximum Gasteiger partial charge on any atom is 0.0449 e.